The van der Waals surface area contributed by atoms with Crippen LogP contribution in [-0.2, 0) is 13.1 Å². The van der Waals surface area contributed by atoms with Crippen LogP contribution in [0, 0.1) is 13.8 Å². The number of aromatic nitrogens is 3. The first kappa shape index (κ1) is 15.9. The van der Waals surface area contributed by atoms with Crippen LogP contribution in [0.1, 0.15) is 22.3 Å². The van der Waals surface area contributed by atoms with E-state index in [2.05, 4.69) is 11.1 Å². The molecule has 0 fully saturated rings. The lowest BCUT2D eigenvalue weighted by molar-refractivity contribution is 0.611. The minimum atomic E-state index is -0.314. The highest BCUT2D eigenvalue weighted by atomic mass is 16.2. The summed E-state index contributed by atoms with van der Waals surface area (Å²) in [6.07, 6.45) is 4.94. The van der Waals surface area contributed by atoms with E-state index < -0.39 is 0 Å². The lowest BCUT2D eigenvalue weighted by atomic mass is 10.1. The van der Waals surface area contributed by atoms with Gasteiger partial charge in [0.25, 0.3) is 5.56 Å². The van der Waals surface area contributed by atoms with Crippen LogP contribution in [0.25, 0.3) is 0 Å². The second-order valence-corrected chi connectivity index (χ2v) is 6.01. The number of hydrogen-bond donors (Lipinski definition) is 0. The van der Waals surface area contributed by atoms with E-state index >= 15 is 0 Å². The average Bonchev–Trinajstić information content (AvgIpc) is 2.54. The van der Waals surface area contributed by atoms with E-state index in [-0.39, 0.29) is 17.8 Å². The van der Waals surface area contributed by atoms with Gasteiger partial charge in [0.2, 0.25) is 0 Å². The molecule has 0 aliphatic carbocycles. The number of aryl methyl sites for hydroxylation is 2. The van der Waals surface area contributed by atoms with Gasteiger partial charge < -0.3 is 0 Å². The maximum absolute atomic E-state index is 12.7. The first-order chi connectivity index (χ1) is 11.5. The Bertz CT molecular complexity index is 952. The van der Waals surface area contributed by atoms with Gasteiger partial charge in [0.1, 0.15) is 0 Å². The molecule has 0 aliphatic heterocycles. The molecule has 0 radical (unpaired) electrons. The van der Waals surface area contributed by atoms with Crippen LogP contribution in [0.2, 0.25) is 0 Å². The Morgan fingerprint density at radius 1 is 0.958 bits per heavy atom. The van der Waals surface area contributed by atoms with Crippen LogP contribution < -0.4 is 11.2 Å². The maximum atomic E-state index is 12.7. The van der Waals surface area contributed by atoms with Gasteiger partial charge >= 0.3 is 5.69 Å². The van der Waals surface area contributed by atoms with E-state index in [1.54, 1.807) is 12.4 Å². The molecule has 122 valence electrons. The van der Waals surface area contributed by atoms with Crippen LogP contribution >= 0.6 is 0 Å². The first-order valence-electron chi connectivity index (χ1n) is 7.79. The second-order valence-electron chi connectivity index (χ2n) is 6.01. The van der Waals surface area contributed by atoms with E-state index in [4.69, 9.17) is 0 Å². The molecule has 0 amide bonds. The Kier molecular flexibility index (Phi) is 4.42. The zero-order valence-corrected chi connectivity index (χ0v) is 13.8. The van der Waals surface area contributed by atoms with Crippen molar-refractivity contribution in [1.29, 1.82) is 0 Å². The molecule has 0 atom stereocenters. The minimum absolute atomic E-state index is 0.272. The Labute approximate surface area is 139 Å². The fraction of sp³-hybridized carbons (Fsp3) is 0.211. The van der Waals surface area contributed by atoms with Crippen molar-refractivity contribution in [3.63, 3.8) is 0 Å². The van der Waals surface area contributed by atoms with E-state index in [9.17, 15) is 9.59 Å². The van der Waals surface area contributed by atoms with Crippen molar-refractivity contribution in [2.24, 2.45) is 0 Å². The van der Waals surface area contributed by atoms with E-state index in [0.717, 1.165) is 22.3 Å². The highest BCUT2D eigenvalue weighted by Crippen LogP contribution is 2.09. The summed E-state index contributed by atoms with van der Waals surface area (Å²) in [4.78, 5) is 28.9. The minimum Gasteiger partial charge on any atom is -0.296 e. The molecule has 1 aromatic carbocycles. The maximum Gasteiger partial charge on any atom is 0.331 e. The van der Waals surface area contributed by atoms with E-state index in [1.165, 1.54) is 21.4 Å². The zero-order chi connectivity index (χ0) is 17.1. The third kappa shape index (κ3) is 3.51. The summed E-state index contributed by atoms with van der Waals surface area (Å²) in [6.45, 7) is 4.67. The van der Waals surface area contributed by atoms with Crippen LogP contribution in [0.4, 0.5) is 0 Å². The average molecular weight is 321 g/mol. The fourth-order valence-corrected chi connectivity index (χ4v) is 2.85. The molecule has 3 rings (SSSR count). The summed E-state index contributed by atoms with van der Waals surface area (Å²) in [5.41, 5.74) is 3.49. The normalized spacial score (nSPS) is 10.8. The van der Waals surface area contributed by atoms with Crippen LogP contribution in [0.3, 0.4) is 0 Å². The molecule has 0 bridgehead atoms. The molecule has 5 nitrogen and oxygen atoms in total. The quantitative estimate of drug-likeness (QED) is 0.739. The molecule has 0 saturated carbocycles. The number of pyridine rings is 1. The monoisotopic (exact) mass is 321 g/mol. The topological polar surface area (TPSA) is 56.9 Å². The lowest BCUT2D eigenvalue weighted by Gasteiger charge is -2.11. The smallest absolute Gasteiger partial charge is 0.296 e. The summed E-state index contributed by atoms with van der Waals surface area (Å²) < 4.78 is 2.80. The van der Waals surface area contributed by atoms with Crippen molar-refractivity contribution in [3.05, 3.63) is 98.1 Å². The van der Waals surface area contributed by atoms with Crippen molar-refractivity contribution < 1.29 is 0 Å². The molecule has 3 aromatic rings. The van der Waals surface area contributed by atoms with Gasteiger partial charge in [-0.25, -0.2) is 4.79 Å². The van der Waals surface area contributed by atoms with Crippen molar-refractivity contribution >= 4 is 0 Å². The second kappa shape index (κ2) is 6.66. The fourth-order valence-electron chi connectivity index (χ4n) is 2.85. The lowest BCUT2D eigenvalue weighted by Crippen LogP contribution is -2.39. The molecule has 0 spiro atoms. The standard InChI is InChI=1S/C19H19N3O2/c1-14-8-15(2)10-17(9-14)13-22-18(23)5-7-21(19(22)24)12-16-4-3-6-20-11-16/h3-11H,12-13H2,1-2H3. The molecular formula is C19H19N3O2. The van der Waals surface area contributed by atoms with Crippen LogP contribution in [-0.4, -0.2) is 14.1 Å². The van der Waals surface area contributed by atoms with Crippen LogP contribution in [0.5, 0.6) is 0 Å². The summed E-state index contributed by atoms with van der Waals surface area (Å²) in [6, 6.07) is 11.2. The van der Waals surface area contributed by atoms with Gasteiger partial charge in [0.05, 0.1) is 13.1 Å². The Morgan fingerprint density at radius 3 is 2.38 bits per heavy atom. The predicted molar refractivity (Wildman–Crippen MR) is 93.3 cm³/mol. The number of hydrogen-bond acceptors (Lipinski definition) is 3. The Morgan fingerprint density at radius 2 is 1.71 bits per heavy atom. The van der Waals surface area contributed by atoms with Gasteiger partial charge in [-0.3, -0.25) is 18.9 Å². The molecule has 2 heterocycles. The van der Waals surface area contributed by atoms with E-state index in [0.29, 0.717) is 6.54 Å². The Hall–Kier alpha value is -2.95. The van der Waals surface area contributed by atoms with Gasteiger partial charge in [-0.05, 0) is 31.0 Å². The molecular weight excluding hydrogens is 302 g/mol. The van der Waals surface area contributed by atoms with Crippen molar-refractivity contribution in [3.8, 4) is 0 Å². The molecule has 0 saturated heterocycles. The van der Waals surface area contributed by atoms with Crippen LogP contribution in [0.15, 0.2) is 64.6 Å². The molecule has 24 heavy (non-hydrogen) atoms. The third-order valence-electron chi connectivity index (χ3n) is 3.84. The predicted octanol–water partition coefficient (Wildman–Crippen LogP) is 2.12. The molecule has 0 aliphatic rings. The van der Waals surface area contributed by atoms with Gasteiger partial charge in [-0.1, -0.05) is 35.4 Å². The first-order valence-corrected chi connectivity index (χ1v) is 7.79. The number of nitrogens with zero attached hydrogens (tertiary/aromatic N) is 3. The summed E-state index contributed by atoms with van der Waals surface area (Å²) >= 11 is 0. The largest absolute Gasteiger partial charge is 0.331 e. The summed E-state index contributed by atoms with van der Waals surface area (Å²) in [5.74, 6) is 0. The van der Waals surface area contributed by atoms with Crippen molar-refractivity contribution in [1.82, 2.24) is 14.1 Å². The zero-order valence-electron chi connectivity index (χ0n) is 13.8. The molecule has 5 heteroatoms. The van der Waals surface area contributed by atoms with Gasteiger partial charge in [0, 0.05) is 24.7 Å². The van der Waals surface area contributed by atoms with Crippen molar-refractivity contribution in [2.75, 3.05) is 0 Å². The summed E-state index contributed by atoms with van der Waals surface area (Å²) in [5, 5.41) is 0. The summed E-state index contributed by atoms with van der Waals surface area (Å²) in [7, 11) is 0. The van der Waals surface area contributed by atoms with Crippen molar-refractivity contribution in [2.45, 2.75) is 26.9 Å². The highest BCUT2D eigenvalue weighted by Gasteiger charge is 2.07. The Balaban J connectivity index is 1.97. The number of rotatable bonds is 4. The third-order valence-corrected chi connectivity index (χ3v) is 3.84. The molecule has 2 aromatic heterocycles. The number of benzene rings is 1. The SMILES string of the molecule is Cc1cc(C)cc(Cn2c(=O)ccn(Cc3cccnc3)c2=O)c1. The van der Waals surface area contributed by atoms with E-state index in [1.807, 2.05) is 38.1 Å². The van der Waals surface area contributed by atoms with Gasteiger partial charge in [0.15, 0.2) is 0 Å². The van der Waals surface area contributed by atoms with Gasteiger partial charge in [-0.2, -0.15) is 0 Å². The molecule has 0 N–H and O–H groups in total. The molecule has 0 unspecified atom stereocenters. The van der Waals surface area contributed by atoms with Gasteiger partial charge in [-0.15, -0.1) is 0 Å². The highest BCUT2D eigenvalue weighted by molar-refractivity contribution is 5.28.